The maximum absolute atomic E-state index is 12.3. The number of carbonyl (C=O) groups excluding carboxylic acids is 2. The summed E-state index contributed by atoms with van der Waals surface area (Å²) in [6, 6.07) is 9.97. The minimum atomic E-state index is -0.467. The van der Waals surface area contributed by atoms with Crippen molar-refractivity contribution in [3.8, 4) is 0 Å². The lowest BCUT2D eigenvalue weighted by molar-refractivity contribution is 0.0600. The van der Waals surface area contributed by atoms with Crippen molar-refractivity contribution in [1.82, 2.24) is 15.2 Å². The molecule has 0 spiro atoms. The second kappa shape index (κ2) is 5.65. The zero-order valence-corrected chi connectivity index (χ0v) is 11.7. The van der Waals surface area contributed by atoms with Crippen LogP contribution in [0.4, 0.5) is 5.69 Å². The number of esters is 1. The van der Waals surface area contributed by atoms with Gasteiger partial charge in [-0.05, 0) is 30.3 Å². The standard InChI is InChI=1S/C15H12N4O3/c1-22-15(21)9-4-2-5-10(8-9)17-14(20)12-11-6-3-7-16-13(11)19-18-12/h2-8H,1H3,(H,17,20)(H,16,18,19). The molecule has 2 N–H and O–H groups in total. The van der Waals surface area contributed by atoms with Crippen LogP contribution in [0.3, 0.4) is 0 Å². The molecule has 0 unspecified atom stereocenters. The van der Waals surface area contributed by atoms with Gasteiger partial charge in [0.25, 0.3) is 5.91 Å². The number of aromatic amines is 1. The van der Waals surface area contributed by atoms with E-state index >= 15 is 0 Å². The Hall–Kier alpha value is -3.22. The Bertz CT molecular complexity index is 857. The summed E-state index contributed by atoms with van der Waals surface area (Å²) >= 11 is 0. The molecule has 0 radical (unpaired) electrons. The van der Waals surface area contributed by atoms with Crippen LogP contribution in [0.25, 0.3) is 11.0 Å². The molecule has 110 valence electrons. The van der Waals surface area contributed by atoms with E-state index in [0.29, 0.717) is 22.3 Å². The van der Waals surface area contributed by atoms with Crippen LogP contribution >= 0.6 is 0 Å². The topological polar surface area (TPSA) is 97.0 Å². The molecule has 0 fully saturated rings. The molecular formula is C15H12N4O3. The number of hydrogen-bond donors (Lipinski definition) is 2. The van der Waals surface area contributed by atoms with E-state index in [1.807, 2.05) is 0 Å². The third-order valence-corrected chi connectivity index (χ3v) is 3.09. The Balaban J connectivity index is 1.87. The van der Waals surface area contributed by atoms with Crippen LogP contribution in [0.5, 0.6) is 0 Å². The largest absolute Gasteiger partial charge is 0.465 e. The summed E-state index contributed by atoms with van der Waals surface area (Å²) in [7, 11) is 1.30. The molecule has 7 nitrogen and oxygen atoms in total. The fourth-order valence-corrected chi connectivity index (χ4v) is 2.06. The quantitative estimate of drug-likeness (QED) is 0.720. The summed E-state index contributed by atoms with van der Waals surface area (Å²) in [5.41, 5.74) is 1.62. The van der Waals surface area contributed by atoms with E-state index in [1.165, 1.54) is 13.2 Å². The number of ether oxygens (including phenoxy) is 1. The number of nitrogens with zero attached hydrogens (tertiary/aromatic N) is 2. The highest BCUT2D eigenvalue weighted by molar-refractivity contribution is 6.10. The van der Waals surface area contributed by atoms with Gasteiger partial charge in [-0.25, -0.2) is 9.78 Å². The van der Waals surface area contributed by atoms with Gasteiger partial charge in [-0.15, -0.1) is 0 Å². The molecule has 22 heavy (non-hydrogen) atoms. The molecule has 0 aliphatic rings. The molecule has 3 aromatic rings. The summed E-state index contributed by atoms with van der Waals surface area (Å²) in [6.45, 7) is 0. The van der Waals surface area contributed by atoms with Gasteiger partial charge in [0, 0.05) is 11.9 Å². The Morgan fingerprint density at radius 2 is 2.09 bits per heavy atom. The number of benzene rings is 1. The third-order valence-electron chi connectivity index (χ3n) is 3.09. The van der Waals surface area contributed by atoms with Crippen LogP contribution in [-0.4, -0.2) is 34.2 Å². The number of rotatable bonds is 3. The Morgan fingerprint density at radius 3 is 2.91 bits per heavy atom. The third kappa shape index (κ3) is 2.51. The molecule has 1 amide bonds. The van der Waals surface area contributed by atoms with Crippen molar-refractivity contribution >= 4 is 28.6 Å². The number of carbonyl (C=O) groups is 2. The number of anilines is 1. The smallest absolute Gasteiger partial charge is 0.337 e. The zero-order chi connectivity index (χ0) is 15.5. The lowest BCUT2D eigenvalue weighted by atomic mass is 10.2. The first-order chi connectivity index (χ1) is 10.7. The highest BCUT2D eigenvalue weighted by Crippen LogP contribution is 2.16. The van der Waals surface area contributed by atoms with Crippen molar-refractivity contribution in [1.29, 1.82) is 0 Å². The van der Waals surface area contributed by atoms with Crippen molar-refractivity contribution in [2.45, 2.75) is 0 Å². The van der Waals surface area contributed by atoms with E-state index in [2.05, 4.69) is 25.2 Å². The fourth-order valence-electron chi connectivity index (χ4n) is 2.06. The summed E-state index contributed by atoms with van der Waals surface area (Å²) < 4.78 is 4.65. The van der Waals surface area contributed by atoms with Crippen molar-refractivity contribution in [3.63, 3.8) is 0 Å². The molecule has 7 heteroatoms. The van der Waals surface area contributed by atoms with Crippen LogP contribution in [-0.2, 0) is 4.74 Å². The number of fused-ring (bicyclic) bond motifs is 1. The predicted molar refractivity (Wildman–Crippen MR) is 79.6 cm³/mol. The number of aromatic nitrogens is 3. The second-order valence-electron chi connectivity index (χ2n) is 4.50. The first-order valence-corrected chi connectivity index (χ1v) is 6.48. The van der Waals surface area contributed by atoms with Gasteiger partial charge in [0.05, 0.1) is 18.1 Å². The van der Waals surface area contributed by atoms with Gasteiger partial charge in [0.15, 0.2) is 11.3 Å². The first kappa shape index (κ1) is 13.7. The van der Waals surface area contributed by atoms with Crippen LogP contribution in [0.2, 0.25) is 0 Å². The number of methoxy groups -OCH3 is 1. The van der Waals surface area contributed by atoms with Crippen LogP contribution < -0.4 is 5.32 Å². The molecule has 0 saturated heterocycles. The van der Waals surface area contributed by atoms with Crippen molar-refractivity contribution in [2.24, 2.45) is 0 Å². The minimum Gasteiger partial charge on any atom is -0.465 e. The number of amides is 1. The lowest BCUT2D eigenvalue weighted by Crippen LogP contribution is -2.13. The predicted octanol–water partition coefficient (Wildman–Crippen LogP) is 2.00. The molecule has 0 bridgehead atoms. The van der Waals surface area contributed by atoms with Gasteiger partial charge < -0.3 is 10.1 Å². The Labute approximate surface area is 125 Å². The highest BCUT2D eigenvalue weighted by Gasteiger charge is 2.15. The average molecular weight is 296 g/mol. The Morgan fingerprint density at radius 1 is 1.23 bits per heavy atom. The Kier molecular flexibility index (Phi) is 3.53. The maximum atomic E-state index is 12.3. The summed E-state index contributed by atoms with van der Waals surface area (Å²) in [6.07, 6.45) is 1.61. The van der Waals surface area contributed by atoms with Gasteiger partial charge in [-0.1, -0.05) is 6.07 Å². The second-order valence-corrected chi connectivity index (χ2v) is 4.50. The molecule has 2 heterocycles. The van der Waals surface area contributed by atoms with E-state index in [-0.39, 0.29) is 11.6 Å². The van der Waals surface area contributed by atoms with Gasteiger partial charge in [-0.3, -0.25) is 9.89 Å². The summed E-state index contributed by atoms with van der Waals surface area (Å²) in [5, 5.41) is 10.00. The SMILES string of the molecule is COC(=O)c1cccc(NC(=O)c2n[nH]c3ncccc23)c1. The van der Waals surface area contributed by atoms with Crippen molar-refractivity contribution in [3.05, 3.63) is 53.9 Å². The maximum Gasteiger partial charge on any atom is 0.337 e. The van der Waals surface area contributed by atoms with Gasteiger partial charge in [0.1, 0.15) is 0 Å². The van der Waals surface area contributed by atoms with Crippen molar-refractivity contribution < 1.29 is 14.3 Å². The molecule has 0 atom stereocenters. The molecular weight excluding hydrogens is 284 g/mol. The van der Waals surface area contributed by atoms with Crippen molar-refractivity contribution in [2.75, 3.05) is 12.4 Å². The number of pyridine rings is 1. The van der Waals surface area contributed by atoms with E-state index in [1.54, 1.807) is 36.5 Å². The van der Waals surface area contributed by atoms with Crippen LogP contribution in [0.1, 0.15) is 20.8 Å². The summed E-state index contributed by atoms with van der Waals surface area (Å²) in [5.74, 6) is -0.855. The van der Waals surface area contributed by atoms with E-state index in [4.69, 9.17) is 0 Å². The first-order valence-electron chi connectivity index (χ1n) is 6.48. The highest BCUT2D eigenvalue weighted by atomic mass is 16.5. The van der Waals surface area contributed by atoms with E-state index in [0.717, 1.165) is 0 Å². The minimum absolute atomic E-state index is 0.242. The van der Waals surface area contributed by atoms with Gasteiger partial charge in [-0.2, -0.15) is 5.10 Å². The molecule has 3 rings (SSSR count). The number of nitrogens with one attached hydrogen (secondary N) is 2. The lowest BCUT2D eigenvalue weighted by Gasteiger charge is -2.05. The fraction of sp³-hybridized carbons (Fsp3) is 0.0667. The molecule has 2 aromatic heterocycles. The molecule has 0 saturated carbocycles. The zero-order valence-electron chi connectivity index (χ0n) is 11.7. The average Bonchev–Trinajstić information content (AvgIpc) is 2.98. The summed E-state index contributed by atoms with van der Waals surface area (Å²) in [4.78, 5) is 27.9. The van der Waals surface area contributed by atoms with Gasteiger partial charge >= 0.3 is 5.97 Å². The molecule has 0 aliphatic heterocycles. The normalized spacial score (nSPS) is 10.4. The number of hydrogen-bond acceptors (Lipinski definition) is 5. The number of H-pyrrole nitrogens is 1. The van der Waals surface area contributed by atoms with Gasteiger partial charge in [0.2, 0.25) is 0 Å². The van der Waals surface area contributed by atoms with Crippen LogP contribution in [0.15, 0.2) is 42.6 Å². The van der Waals surface area contributed by atoms with Crippen LogP contribution in [0, 0.1) is 0 Å². The van der Waals surface area contributed by atoms with E-state index < -0.39 is 5.97 Å². The molecule has 0 aliphatic carbocycles. The monoisotopic (exact) mass is 296 g/mol. The van der Waals surface area contributed by atoms with E-state index in [9.17, 15) is 9.59 Å². The molecule has 1 aromatic carbocycles.